The molecule has 0 spiro atoms. The molecule has 2 atom stereocenters. The number of rotatable bonds is 4. The molecule has 0 aromatic heterocycles. The number of nitrogens with zero attached hydrogens (tertiary/aromatic N) is 1. The number of benzene rings is 1. The number of likely N-dealkylation sites (N-methyl/N-ethyl adjacent to an activating group) is 1. The molecule has 3 rings (SSSR count). The van der Waals surface area contributed by atoms with Crippen molar-refractivity contribution in [3.05, 3.63) is 23.8 Å². The molecule has 1 aromatic rings. The van der Waals surface area contributed by atoms with Gasteiger partial charge in [0.05, 0.1) is 0 Å². The Morgan fingerprint density at radius 3 is 2.80 bits per heavy atom. The van der Waals surface area contributed by atoms with Gasteiger partial charge in [0.15, 0.2) is 11.5 Å². The van der Waals surface area contributed by atoms with Gasteiger partial charge in [-0.2, -0.15) is 0 Å². The minimum Gasteiger partial charge on any atom is -0.486 e. The summed E-state index contributed by atoms with van der Waals surface area (Å²) in [6, 6.07) is 7.60. The van der Waals surface area contributed by atoms with Crippen molar-refractivity contribution in [1.82, 2.24) is 10.2 Å². The first-order valence-electron chi connectivity index (χ1n) is 7.54. The second-order valence-corrected chi connectivity index (χ2v) is 5.90. The third kappa shape index (κ3) is 3.07. The van der Waals surface area contributed by atoms with Gasteiger partial charge in [-0.25, -0.2) is 0 Å². The fourth-order valence-corrected chi connectivity index (χ4v) is 3.01. The topological polar surface area (TPSA) is 33.7 Å². The van der Waals surface area contributed by atoms with Crippen LogP contribution in [-0.4, -0.2) is 50.3 Å². The van der Waals surface area contributed by atoms with Crippen molar-refractivity contribution in [2.75, 3.05) is 33.4 Å². The van der Waals surface area contributed by atoms with Crippen LogP contribution in [0.1, 0.15) is 18.9 Å². The molecule has 0 radical (unpaired) electrons. The average molecular weight is 276 g/mol. The molecule has 4 nitrogen and oxygen atoms in total. The van der Waals surface area contributed by atoms with Gasteiger partial charge in [-0.3, -0.25) is 0 Å². The summed E-state index contributed by atoms with van der Waals surface area (Å²) in [5.74, 6) is 1.77. The molecule has 20 heavy (non-hydrogen) atoms. The third-order valence-electron chi connectivity index (χ3n) is 4.34. The number of hydrogen-bond acceptors (Lipinski definition) is 4. The van der Waals surface area contributed by atoms with Crippen LogP contribution in [0.25, 0.3) is 0 Å². The molecule has 1 fully saturated rings. The number of fused-ring (bicyclic) bond motifs is 1. The minimum atomic E-state index is 0.632. The number of nitrogens with one attached hydrogen (secondary N) is 1. The molecule has 4 heteroatoms. The lowest BCUT2D eigenvalue weighted by Crippen LogP contribution is -2.33. The highest BCUT2D eigenvalue weighted by molar-refractivity contribution is 5.43. The molecular formula is C16H24N2O2. The maximum absolute atomic E-state index is 5.62. The summed E-state index contributed by atoms with van der Waals surface area (Å²) >= 11 is 0. The van der Waals surface area contributed by atoms with Crippen LogP contribution in [0, 0.1) is 0 Å². The molecular weight excluding hydrogens is 252 g/mol. The van der Waals surface area contributed by atoms with Gasteiger partial charge in [0.2, 0.25) is 0 Å². The van der Waals surface area contributed by atoms with E-state index in [0.29, 0.717) is 25.3 Å². The number of likely N-dealkylation sites (tertiary alicyclic amines) is 1. The van der Waals surface area contributed by atoms with Gasteiger partial charge in [-0.05, 0) is 51.1 Å². The Balaban J connectivity index is 1.49. The van der Waals surface area contributed by atoms with Gasteiger partial charge in [-0.15, -0.1) is 0 Å². The molecule has 1 N–H and O–H groups in total. The lowest BCUT2D eigenvalue weighted by Gasteiger charge is -2.19. The van der Waals surface area contributed by atoms with E-state index in [4.69, 9.17) is 9.47 Å². The molecule has 2 unspecified atom stereocenters. The smallest absolute Gasteiger partial charge is 0.161 e. The van der Waals surface area contributed by atoms with Gasteiger partial charge < -0.3 is 19.7 Å². The molecule has 110 valence electrons. The fourth-order valence-electron chi connectivity index (χ4n) is 3.01. The van der Waals surface area contributed by atoms with Crippen molar-refractivity contribution in [2.24, 2.45) is 0 Å². The lowest BCUT2D eigenvalue weighted by atomic mass is 10.1. The Kier molecular flexibility index (Phi) is 4.13. The maximum atomic E-state index is 5.62. The summed E-state index contributed by atoms with van der Waals surface area (Å²) < 4.78 is 11.2. The molecule has 2 aliphatic heterocycles. The Morgan fingerprint density at radius 1 is 1.25 bits per heavy atom. The summed E-state index contributed by atoms with van der Waals surface area (Å²) in [6.07, 6.45) is 2.28. The van der Waals surface area contributed by atoms with Crippen LogP contribution in [0.15, 0.2) is 18.2 Å². The van der Waals surface area contributed by atoms with Gasteiger partial charge in [0.1, 0.15) is 13.2 Å². The lowest BCUT2D eigenvalue weighted by molar-refractivity contribution is 0.171. The molecule has 0 amide bonds. The fraction of sp³-hybridized carbons (Fsp3) is 0.625. The highest BCUT2D eigenvalue weighted by Gasteiger charge is 2.25. The van der Waals surface area contributed by atoms with E-state index in [-0.39, 0.29) is 0 Å². The van der Waals surface area contributed by atoms with Crippen molar-refractivity contribution in [3.8, 4) is 11.5 Å². The molecule has 2 aliphatic rings. The Bertz CT molecular complexity index is 454. The second-order valence-electron chi connectivity index (χ2n) is 5.90. The summed E-state index contributed by atoms with van der Waals surface area (Å²) in [4.78, 5) is 2.42. The van der Waals surface area contributed by atoms with Gasteiger partial charge in [0, 0.05) is 18.6 Å². The van der Waals surface area contributed by atoms with E-state index in [1.807, 2.05) is 6.07 Å². The summed E-state index contributed by atoms with van der Waals surface area (Å²) in [6.45, 7) is 5.78. The van der Waals surface area contributed by atoms with E-state index >= 15 is 0 Å². The van der Waals surface area contributed by atoms with E-state index in [9.17, 15) is 0 Å². The van der Waals surface area contributed by atoms with Crippen molar-refractivity contribution in [2.45, 2.75) is 31.8 Å². The zero-order chi connectivity index (χ0) is 13.9. The standard InChI is InChI=1S/C16H24N2O2/c1-12-9-14(11-18(12)2)17-6-5-13-3-4-15-16(10-13)20-8-7-19-15/h3-4,10,12,14,17H,5-9,11H2,1-2H3. The zero-order valence-corrected chi connectivity index (χ0v) is 12.4. The Hall–Kier alpha value is -1.26. The van der Waals surface area contributed by atoms with E-state index in [1.54, 1.807) is 0 Å². The maximum Gasteiger partial charge on any atom is 0.161 e. The van der Waals surface area contributed by atoms with Crippen molar-refractivity contribution in [1.29, 1.82) is 0 Å². The molecule has 0 saturated carbocycles. The van der Waals surface area contributed by atoms with E-state index in [0.717, 1.165) is 31.0 Å². The van der Waals surface area contributed by atoms with E-state index in [2.05, 4.69) is 36.3 Å². The first-order valence-corrected chi connectivity index (χ1v) is 7.54. The van der Waals surface area contributed by atoms with Crippen LogP contribution in [0.4, 0.5) is 0 Å². The Labute approximate surface area is 121 Å². The number of hydrogen-bond donors (Lipinski definition) is 1. The SMILES string of the molecule is CC1CC(NCCc2ccc3c(c2)OCCO3)CN1C. The van der Waals surface area contributed by atoms with Crippen LogP contribution in [-0.2, 0) is 6.42 Å². The Morgan fingerprint density at radius 2 is 2.05 bits per heavy atom. The van der Waals surface area contributed by atoms with Gasteiger partial charge >= 0.3 is 0 Å². The molecule has 2 heterocycles. The molecule has 0 aliphatic carbocycles. The monoisotopic (exact) mass is 276 g/mol. The quantitative estimate of drug-likeness (QED) is 0.907. The first kappa shape index (κ1) is 13.7. The van der Waals surface area contributed by atoms with Crippen LogP contribution >= 0.6 is 0 Å². The first-order chi connectivity index (χ1) is 9.72. The van der Waals surface area contributed by atoms with Crippen LogP contribution < -0.4 is 14.8 Å². The number of ether oxygens (including phenoxy) is 2. The van der Waals surface area contributed by atoms with Crippen molar-refractivity contribution >= 4 is 0 Å². The van der Waals surface area contributed by atoms with Gasteiger partial charge in [-0.1, -0.05) is 6.07 Å². The highest BCUT2D eigenvalue weighted by atomic mass is 16.6. The van der Waals surface area contributed by atoms with Gasteiger partial charge in [0.25, 0.3) is 0 Å². The zero-order valence-electron chi connectivity index (χ0n) is 12.4. The largest absolute Gasteiger partial charge is 0.486 e. The van der Waals surface area contributed by atoms with Crippen molar-refractivity contribution in [3.63, 3.8) is 0 Å². The molecule has 1 aromatic carbocycles. The van der Waals surface area contributed by atoms with E-state index in [1.165, 1.54) is 12.0 Å². The summed E-state index contributed by atoms with van der Waals surface area (Å²) in [5.41, 5.74) is 1.31. The molecule has 1 saturated heterocycles. The minimum absolute atomic E-state index is 0.632. The predicted octanol–water partition coefficient (Wildman–Crippen LogP) is 1.68. The van der Waals surface area contributed by atoms with Crippen LogP contribution in [0.2, 0.25) is 0 Å². The third-order valence-corrected chi connectivity index (χ3v) is 4.34. The molecule has 0 bridgehead atoms. The highest BCUT2D eigenvalue weighted by Crippen LogP contribution is 2.30. The summed E-state index contributed by atoms with van der Waals surface area (Å²) in [5, 5.41) is 3.66. The van der Waals surface area contributed by atoms with Crippen molar-refractivity contribution < 1.29 is 9.47 Å². The second kappa shape index (κ2) is 6.02. The normalized spacial score (nSPS) is 25.9. The summed E-state index contributed by atoms with van der Waals surface area (Å²) in [7, 11) is 2.20. The van der Waals surface area contributed by atoms with Crippen LogP contribution in [0.5, 0.6) is 11.5 Å². The predicted molar refractivity (Wildman–Crippen MR) is 79.6 cm³/mol. The van der Waals surface area contributed by atoms with Crippen LogP contribution in [0.3, 0.4) is 0 Å². The van der Waals surface area contributed by atoms with E-state index < -0.39 is 0 Å². The average Bonchev–Trinajstić information content (AvgIpc) is 2.77.